The average Bonchev–Trinajstić information content (AvgIpc) is 2.67. The van der Waals surface area contributed by atoms with Crippen LogP contribution in [0.3, 0.4) is 0 Å². The Balaban J connectivity index is 1.62. The van der Waals surface area contributed by atoms with E-state index in [4.69, 9.17) is 4.74 Å². The number of rotatable bonds is 4. The van der Waals surface area contributed by atoms with Crippen molar-refractivity contribution >= 4 is 17.6 Å². The smallest absolute Gasteiger partial charge is 0.410 e. The Morgan fingerprint density at radius 3 is 2.44 bits per heavy atom. The van der Waals surface area contributed by atoms with Gasteiger partial charge in [-0.25, -0.2) is 9.59 Å². The number of hydrogen-bond acceptors (Lipinski definition) is 3. The number of carboxylic acid groups (broad SMARTS) is 1. The molecule has 128 valence electrons. The first kappa shape index (κ1) is 16.8. The number of amides is 1. The van der Waals surface area contributed by atoms with Gasteiger partial charge in [0.25, 0.3) is 0 Å². The number of ether oxygens (including phenoxy) is 1. The summed E-state index contributed by atoms with van der Waals surface area (Å²) in [6, 6.07) is 16.5. The van der Waals surface area contributed by atoms with Crippen LogP contribution in [-0.2, 0) is 11.3 Å². The monoisotopic (exact) mass is 337 g/mol. The van der Waals surface area contributed by atoms with E-state index in [1.807, 2.05) is 42.5 Å². The highest BCUT2D eigenvalue weighted by atomic mass is 16.6. The molecule has 1 N–H and O–H groups in total. The molecule has 1 amide bonds. The molecule has 2 aromatic rings. The summed E-state index contributed by atoms with van der Waals surface area (Å²) in [5.41, 5.74) is 2.89. The van der Waals surface area contributed by atoms with E-state index in [0.717, 1.165) is 11.1 Å². The van der Waals surface area contributed by atoms with E-state index in [1.165, 1.54) is 0 Å². The molecular weight excluding hydrogens is 318 g/mol. The molecule has 0 bridgehead atoms. The SMILES string of the molecule is O=C(O)c1ccccc1C1=CCN(C(=O)OCc2ccccc2)CC1. The minimum absolute atomic E-state index is 0.245. The molecule has 0 saturated heterocycles. The lowest BCUT2D eigenvalue weighted by Crippen LogP contribution is -2.35. The van der Waals surface area contributed by atoms with Gasteiger partial charge in [-0.15, -0.1) is 0 Å². The van der Waals surface area contributed by atoms with Gasteiger partial charge in [0.1, 0.15) is 6.61 Å². The van der Waals surface area contributed by atoms with Gasteiger partial charge in [0.05, 0.1) is 5.56 Å². The van der Waals surface area contributed by atoms with Gasteiger partial charge in [0, 0.05) is 13.1 Å². The number of hydrogen-bond donors (Lipinski definition) is 1. The van der Waals surface area contributed by atoms with Crippen molar-refractivity contribution in [2.24, 2.45) is 0 Å². The highest BCUT2D eigenvalue weighted by molar-refractivity contribution is 5.94. The van der Waals surface area contributed by atoms with Gasteiger partial charge < -0.3 is 14.7 Å². The van der Waals surface area contributed by atoms with E-state index < -0.39 is 5.97 Å². The molecule has 0 spiro atoms. The summed E-state index contributed by atoms with van der Waals surface area (Å²) >= 11 is 0. The summed E-state index contributed by atoms with van der Waals surface area (Å²) in [5, 5.41) is 9.30. The average molecular weight is 337 g/mol. The van der Waals surface area contributed by atoms with E-state index in [9.17, 15) is 14.7 Å². The molecule has 1 aliphatic rings. The van der Waals surface area contributed by atoms with Gasteiger partial charge in [-0.1, -0.05) is 54.6 Å². The number of nitrogens with zero attached hydrogens (tertiary/aromatic N) is 1. The molecule has 0 unspecified atom stereocenters. The highest BCUT2D eigenvalue weighted by Crippen LogP contribution is 2.25. The minimum Gasteiger partial charge on any atom is -0.478 e. The van der Waals surface area contributed by atoms with Crippen molar-refractivity contribution in [2.45, 2.75) is 13.0 Å². The second-order valence-corrected chi connectivity index (χ2v) is 5.82. The third-order valence-corrected chi connectivity index (χ3v) is 4.18. The predicted octanol–water partition coefficient (Wildman–Crippen LogP) is 3.81. The topological polar surface area (TPSA) is 66.8 Å². The van der Waals surface area contributed by atoms with Crippen LogP contribution in [0, 0.1) is 0 Å². The van der Waals surface area contributed by atoms with Crippen molar-refractivity contribution in [3.8, 4) is 0 Å². The molecule has 1 heterocycles. The predicted molar refractivity (Wildman–Crippen MR) is 94.2 cm³/mol. The van der Waals surface area contributed by atoms with E-state index >= 15 is 0 Å². The van der Waals surface area contributed by atoms with Crippen LogP contribution in [-0.4, -0.2) is 35.2 Å². The fourth-order valence-electron chi connectivity index (χ4n) is 2.84. The van der Waals surface area contributed by atoms with Crippen molar-refractivity contribution in [2.75, 3.05) is 13.1 Å². The molecule has 0 aliphatic carbocycles. The van der Waals surface area contributed by atoms with Crippen LogP contribution in [0.2, 0.25) is 0 Å². The number of carbonyl (C=O) groups excluding carboxylic acids is 1. The normalized spacial score (nSPS) is 13.9. The van der Waals surface area contributed by atoms with Crippen molar-refractivity contribution in [1.82, 2.24) is 4.90 Å². The lowest BCUT2D eigenvalue weighted by Gasteiger charge is -2.26. The molecule has 3 rings (SSSR count). The Labute approximate surface area is 146 Å². The number of aromatic carboxylic acids is 1. The zero-order valence-electron chi connectivity index (χ0n) is 13.7. The summed E-state index contributed by atoms with van der Waals surface area (Å²) in [7, 11) is 0. The lowest BCUT2D eigenvalue weighted by molar-refractivity contribution is 0.0696. The number of carboxylic acids is 1. The van der Waals surface area contributed by atoms with Crippen LogP contribution in [0.4, 0.5) is 4.79 Å². The van der Waals surface area contributed by atoms with E-state index in [0.29, 0.717) is 25.1 Å². The quantitative estimate of drug-likeness (QED) is 0.921. The summed E-state index contributed by atoms with van der Waals surface area (Å²) in [5.74, 6) is -0.943. The summed E-state index contributed by atoms with van der Waals surface area (Å²) in [6.45, 7) is 1.17. The molecule has 0 atom stereocenters. The highest BCUT2D eigenvalue weighted by Gasteiger charge is 2.21. The second-order valence-electron chi connectivity index (χ2n) is 5.82. The van der Waals surface area contributed by atoms with Crippen LogP contribution < -0.4 is 0 Å². The molecule has 25 heavy (non-hydrogen) atoms. The fourth-order valence-corrected chi connectivity index (χ4v) is 2.84. The van der Waals surface area contributed by atoms with Gasteiger partial charge in [-0.05, 0) is 29.2 Å². The molecule has 0 saturated carbocycles. The molecule has 0 aromatic heterocycles. The van der Waals surface area contributed by atoms with Crippen molar-refractivity contribution in [1.29, 1.82) is 0 Å². The van der Waals surface area contributed by atoms with Crippen molar-refractivity contribution < 1.29 is 19.4 Å². The van der Waals surface area contributed by atoms with Gasteiger partial charge in [0.2, 0.25) is 0 Å². The first-order valence-corrected chi connectivity index (χ1v) is 8.12. The third kappa shape index (κ3) is 4.07. The number of benzene rings is 2. The molecule has 5 heteroatoms. The molecule has 2 aromatic carbocycles. The first-order valence-electron chi connectivity index (χ1n) is 8.12. The third-order valence-electron chi connectivity index (χ3n) is 4.18. The molecular formula is C20H19NO4. The van der Waals surface area contributed by atoms with Crippen LogP contribution in [0.5, 0.6) is 0 Å². The lowest BCUT2D eigenvalue weighted by atomic mass is 9.95. The Hall–Kier alpha value is -3.08. The molecule has 5 nitrogen and oxygen atoms in total. The summed E-state index contributed by atoms with van der Waals surface area (Å²) < 4.78 is 5.33. The van der Waals surface area contributed by atoms with Crippen molar-refractivity contribution in [3.63, 3.8) is 0 Å². The van der Waals surface area contributed by atoms with Gasteiger partial charge in [0.15, 0.2) is 0 Å². The van der Waals surface area contributed by atoms with Crippen LogP contribution in [0.15, 0.2) is 60.7 Å². The Kier molecular flexibility index (Phi) is 5.14. The van der Waals surface area contributed by atoms with Gasteiger partial charge in [-0.3, -0.25) is 0 Å². The second kappa shape index (κ2) is 7.66. The van der Waals surface area contributed by atoms with Gasteiger partial charge >= 0.3 is 12.1 Å². The Bertz CT molecular complexity index is 798. The maximum absolute atomic E-state index is 12.2. The minimum atomic E-state index is -0.943. The van der Waals surface area contributed by atoms with E-state index in [-0.39, 0.29) is 18.3 Å². The molecule has 0 radical (unpaired) electrons. The van der Waals surface area contributed by atoms with E-state index in [2.05, 4.69) is 0 Å². The van der Waals surface area contributed by atoms with Crippen LogP contribution in [0.1, 0.15) is 27.9 Å². The van der Waals surface area contributed by atoms with Crippen LogP contribution >= 0.6 is 0 Å². The Morgan fingerprint density at radius 2 is 1.76 bits per heavy atom. The molecule has 0 fully saturated rings. The van der Waals surface area contributed by atoms with Crippen molar-refractivity contribution in [3.05, 3.63) is 77.4 Å². The largest absolute Gasteiger partial charge is 0.478 e. The summed E-state index contributed by atoms with van der Waals surface area (Å²) in [4.78, 5) is 25.1. The van der Waals surface area contributed by atoms with E-state index in [1.54, 1.807) is 23.1 Å². The van der Waals surface area contributed by atoms with Gasteiger partial charge in [-0.2, -0.15) is 0 Å². The summed E-state index contributed by atoms with van der Waals surface area (Å²) in [6.07, 6.45) is 2.14. The maximum Gasteiger partial charge on any atom is 0.410 e. The standard InChI is InChI=1S/C20H19NO4/c22-19(23)18-9-5-4-8-17(18)16-10-12-21(13-11-16)20(24)25-14-15-6-2-1-3-7-15/h1-10H,11-14H2,(H,22,23). The Morgan fingerprint density at radius 1 is 1.04 bits per heavy atom. The molecule has 1 aliphatic heterocycles. The zero-order chi connectivity index (χ0) is 17.6. The zero-order valence-corrected chi connectivity index (χ0v) is 13.7. The fraction of sp³-hybridized carbons (Fsp3) is 0.200. The maximum atomic E-state index is 12.2. The number of carbonyl (C=O) groups is 2. The first-order chi connectivity index (χ1) is 12.1. The van der Waals surface area contributed by atoms with Crippen LogP contribution in [0.25, 0.3) is 5.57 Å².